The van der Waals surface area contributed by atoms with E-state index in [4.69, 9.17) is 9.47 Å². The van der Waals surface area contributed by atoms with Gasteiger partial charge in [0, 0.05) is 0 Å². The minimum absolute atomic E-state index is 0.169. The molecule has 2 aromatic carbocycles. The van der Waals surface area contributed by atoms with Gasteiger partial charge in [-0.1, -0.05) is 38.8 Å². The first-order chi connectivity index (χ1) is 14.6. The third kappa shape index (κ3) is 8.24. The Morgan fingerprint density at radius 2 is 1.13 bits per heavy atom. The number of aryl methyl sites for hydroxylation is 2. The van der Waals surface area contributed by atoms with Gasteiger partial charge in [-0.3, -0.25) is 0 Å². The van der Waals surface area contributed by atoms with Crippen LogP contribution in [0, 0.1) is 0 Å². The van der Waals surface area contributed by atoms with Crippen molar-refractivity contribution in [2.45, 2.75) is 65.2 Å². The molecule has 2 aromatic rings. The van der Waals surface area contributed by atoms with E-state index in [2.05, 4.69) is 13.8 Å². The number of phenols is 2. The van der Waals surface area contributed by atoms with Crippen LogP contribution in [0.25, 0.3) is 0 Å². The first-order valence-corrected chi connectivity index (χ1v) is 10.9. The van der Waals surface area contributed by atoms with Crippen LogP contribution in [-0.4, -0.2) is 10.2 Å². The molecule has 30 heavy (non-hydrogen) atoms. The molecule has 0 saturated heterocycles. The van der Waals surface area contributed by atoms with Crippen molar-refractivity contribution in [3.63, 3.8) is 0 Å². The van der Waals surface area contributed by atoms with Gasteiger partial charge in [-0.05, 0) is 86.1 Å². The fraction of sp³-hybridized carbons (Fsp3) is 0.385. The van der Waals surface area contributed by atoms with Crippen LogP contribution >= 0.6 is 0 Å². The van der Waals surface area contributed by atoms with Gasteiger partial charge in [-0.2, -0.15) is 0 Å². The highest BCUT2D eigenvalue weighted by Gasteiger charge is 2.05. The lowest BCUT2D eigenvalue weighted by atomic mass is 10.0. The second-order valence-electron chi connectivity index (χ2n) is 7.37. The van der Waals surface area contributed by atoms with Gasteiger partial charge in [0.25, 0.3) is 0 Å². The first kappa shape index (κ1) is 23.4. The summed E-state index contributed by atoms with van der Waals surface area (Å²) in [5.74, 6) is 1.30. The van der Waals surface area contributed by atoms with Gasteiger partial charge in [0.05, 0.1) is 12.5 Å². The number of allylic oxidation sites excluding steroid dienone is 2. The van der Waals surface area contributed by atoms with Crippen LogP contribution < -0.4 is 9.47 Å². The van der Waals surface area contributed by atoms with E-state index < -0.39 is 0 Å². The molecule has 0 unspecified atom stereocenters. The predicted molar refractivity (Wildman–Crippen MR) is 122 cm³/mol. The van der Waals surface area contributed by atoms with Gasteiger partial charge in [0.15, 0.2) is 23.0 Å². The number of ether oxygens (including phenoxy) is 2. The molecule has 0 radical (unpaired) electrons. The molecule has 0 amide bonds. The van der Waals surface area contributed by atoms with Crippen LogP contribution in [-0.2, 0) is 12.8 Å². The van der Waals surface area contributed by atoms with E-state index in [1.165, 1.54) is 0 Å². The van der Waals surface area contributed by atoms with Gasteiger partial charge < -0.3 is 19.7 Å². The SMILES string of the molecule is CCCC=COc1ccc(CCCCc2ccc(OC=CCCC)c(O)c2)cc1O. The molecular weight excluding hydrogens is 376 g/mol. The molecule has 0 fully saturated rings. The Hall–Kier alpha value is -2.88. The minimum Gasteiger partial charge on any atom is -0.504 e. The molecule has 0 spiro atoms. The Morgan fingerprint density at radius 3 is 1.50 bits per heavy atom. The van der Waals surface area contributed by atoms with Crippen LogP contribution in [0.2, 0.25) is 0 Å². The number of benzene rings is 2. The lowest BCUT2D eigenvalue weighted by Gasteiger charge is -2.08. The number of hydrogen-bond acceptors (Lipinski definition) is 4. The lowest BCUT2D eigenvalue weighted by molar-refractivity contribution is 0.408. The fourth-order valence-corrected chi connectivity index (χ4v) is 3.01. The van der Waals surface area contributed by atoms with Crippen LogP contribution in [0.3, 0.4) is 0 Å². The van der Waals surface area contributed by atoms with Crippen molar-refractivity contribution in [3.05, 3.63) is 72.2 Å². The second-order valence-corrected chi connectivity index (χ2v) is 7.37. The van der Waals surface area contributed by atoms with Crippen LogP contribution in [0.1, 0.15) is 63.5 Å². The zero-order valence-electron chi connectivity index (χ0n) is 18.1. The van der Waals surface area contributed by atoms with E-state index in [1.54, 1.807) is 24.7 Å². The van der Waals surface area contributed by atoms with Crippen molar-refractivity contribution < 1.29 is 19.7 Å². The average molecular weight is 411 g/mol. The average Bonchev–Trinajstić information content (AvgIpc) is 2.74. The summed E-state index contributed by atoms with van der Waals surface area (Å²) in [6.07, 6.45) is 15.0. The maximum absolute atomic E-state index is 10.1. The van der Waals surface area contributed by atoms with Crippen LogP contribution in [0.4, 0.5) is 0 Å². The van der Waals surface area contributed by atoms with Crippen molar-refractivity contribution >= 4 is 0 Å². The molecular formula is C26H34O4. The Kier molecular flexibility index (Phi) is 10.4. The van der Waals surface area contributed by atoms with Gasteiger partial charge >= 0.3 is 0 Å². The molecule has 0 aromatic heterocycles. The van der Waals surface area contributed by atoms with Gasteiger partial charge in [-0.15, -0.1) is 0 Å². The Labute approximate surface area is 180 Å². The fourth-order valence-electron chi connectivity index (χ4n) is 3.01. The van der Waals surface area contributed by atoms with Gasteiger partial charge in [0.2, 0.25) is 0 Å². The molecule has 0 bridgehead atoms. The summed E-state index contributed by atoms with van der Waals surface area (Å²) in [5.41, 5.74) is 2.17. The first-order valence-electron chi connectivity index (χ1n) is 10.9. The van der Waals surface area contributed by atoms with E-state index in [0.29, 0.717) is 11.5 Å². The van der Waals surface area contributed by atoms with Gasteiger partial charge in [-0.25, -0.2) is 0 Å². The summed E-state index contributed by atoms with van der Waals surface area (Å²) in [7, 11) is 0. The number of unbranched alkanes of at least 4 members (excludes halogenated alkanes) is 3. The lowest BCUT2D eigenvalue weighted by Crippen LogP contribution is -1.91. The highest BCUT2D eigenvalue weighted by Crippen LogP contribution is 2.29. The van der Waals surface area contributed by atoms with Crippen LogP contribution in [0.15, 0.2) is 61.1 Å². The molecule has 0 saturated carbocycles. The number of hydrogen-bond donors (Lipinski definition) is 2. The highest BCUT2D eigenvalue weighted by molar-refractivity contribution is 5.43. The maximum atomic E-state index is 10.1. The topological polar surface area (TPSA) is 58.9 Å². The molecule has 2 N–H and O–H groups in total. The van der Waals surface area contributed by atoms with Crippen molar-refractivity contribution in [3.8, 4) is 23.0 Å². The Morgan fingerprint density at radius 1 is 0.700 bits per heavy atom. The Balaban J connectivity index is 1.76. The standard InChI is InChI=1S/C26H34O4/c1-3-5-9-17-29-25-15-13-21(19-23(25)27)11-7-8-12-22-14-16-26(24(28)20-22)30-18-10-6-4-2/h9-10,13-20,27-28H,3-8,11-12H2,1-2H3. The maximum Gasteiger partial charge on any atom is 0.168 e. The number of rotatable bonds is 13. The molecule has 0 aliphatic heterocycles. The monoisotopic (exact) mass is 410 g/mol. The largest absolute Gasteiger partial charge is 0.504 e. The van der Waals surface area contributed by atoms with E-state index >= 15 is 0 Å². The smallest absolute Gasteiger partial charge is 0.168 e. The minimum atomic E-state index is 0.169. The molecule has 0 aliphatic rings. The summed E-state index contributed by atoms with van der Waals surface area (Å²) < 4.78 is 10.9. The Bertz CT molecular complexity index is 754. The van der Waals surface area contributed by atoms with E-state index in [-0.39, 0.29) is 11.5 Å². The van der Waals surface area contributed by atoms with Crippen molar-refractivity contribution in [2.24, 2.45) is 0 Å². The zero-order valence-corrected chi connectivity index (χ0v) is 18.1. The molecule has 0 heterocycles. The van der Waals surface area contributed by atoms with Crippen molar-refractivity contribution in [1.82, 2.24) is 0 Å². The van der Waals surface area contributed by atoms with E-state index in [0.717, 1.165) is 62.5 Å². The summed E-state index contributed by atoms with van der Waals surface area (Å²) in [4.78, 5) is 0. The van der Waals surface area contributed by atoms with Crippen molar-refractivity contribution in [2.75, 3.05) is 0 Å². The van der Waals surface area contributed by atoms with E-state index in [9.17, 15) is 10.2 Å². The molecule has 0 atom stereocenters. The van der Waals surface area contributed by atoms with Crippen LogP contribution in [0.5, 0.6) is 23.0 Å². The quantitative estimate of drug-likeness (QED) is 0.274. The predicted octanol–water partition coefficient (Wildman–Crippen LogP) is 7.05. The molecule has 162 valence electrons. The highest BCUT2D eigenvalue weighted by atomic mass is 16.5. The molecule has 4 heteroatoms. The van der Waals surface area contributed by atoms with Gasteiger partial charge in [0.1, 0.15) is 0 Å². The summed E-state index contributed by atoms with van der Waals surface area (Å²) in [6.45, 7) is 4.21. The van der Waals surface area contributed by atoms with E-state index in [1.807, 2.05) is 36.4 Å². The summed E-state index contributed by atoms with van der Waals surface area (Å²) in [6, 6.07) is 11.2. The van der Waals surface area contributed by atoms with Crippen molar-refractivity contribution in [1.29, 1.82) is 0 Å². The molecule has 4 nitrogen and oxygen atoms in total. The molecule has 0 aliphatic carbocycles. The third-order valence-electron chi connectivity index (χ3n) is 4.72. The second kappa shape index (κ2) is 13.4. The summed E-state index contributed by atoms with van der Waals surface area (Å²) >= 11 is 0. The summed E-state index contributed by atoms with van der Waals surface area (Å²) in [5, 5.41) is 20.3. The number of aromatic hydroxyl groups is 2. The normalized spacial score (nSPS) is 11.4. The third-order valence-corrected chi connectivity index (χ3v) is 4.72. The molecule has 2 rings (SSSR count). The zero-order chi connectivity index (χ0) is 21.6. The number of phenolic OH excluding ortho intramolecular Hbond substituents is 2.